The fraction of sp³-hybridized carbons (Fsp3) is 0.0833. The molecule has 0 aliphatic carbocycles. The molecule has 0 atom stereocenters. The first-order chi connectivity index (χ1) is 15.0. The summed E-state index contributed by atoms with van der Waals surface area (Å²) in [6, 6.07) is 19.6. The predicted octanol–water partition coefficient (Wildman–Crippen LogP) is 3.43. The Morgan fingerprint density at radius 2 is 1.65 bits per heavy atom. The summed E-state index contributed by atoms with van der Waals surface area (Å²) < 4.78 is 0. The van der Waals surface area contributed by atoms with Crippen LogP contribution in [0.25, 0.3) is 5.57 Å². The van der Waals surface area contributed by atoms with Crippen molar-refractivity contribution in [2.45, 2.75) is 13.5 Å². The van der Waals surface area contributed by atoms with E-state index in [4.69, 9.17) is 0 Å². The standard InChI is InChI=1S/C24H20N4O3/c1-16(29)26-20-11-9-18(10-12-20)21-22(27-19-7-3-2-4-8-19)24(31)28(23(21)30)15-17-6-5-13-25-14-17/h2-14,27H,15H2,1H3,(H,26,29). The average molecular weight is 412 g/mol. The van der Waals surface area contributed by atoms with Gasteiger partial charge in [0, 0.05) is 30.7 Å². The number of para-hydroxylation sites is 1. The number of anilines is 2. The van der Waals surface area contributed by atoms with E-state index in [1.165, 1.54) is 11.8 Å². The molecule has 7 nitrogen and oxygen atoms in total. The number of nitrogens with one attached hydrogen (secondary N) is 2. The van der Waals surface area contributed by atoms with Crippen molar-refractivity contribution in [2.24, 2.45) is 0 Å². The van der Waals surface area contributed by atoms with Gasteiger partial charge >= 0.3 is 0 Å². The number of nitrogens with zero attached hydrogens (tertiary/aromatic N) is 2. The predicted molar refractivity (Wildman–Crippen MR) is 118 cm³/mol. The quantitative estimate of drug-likeness (QED) is 0.606. The van der Waals surface area contributed by atoms with Crippen molar-refractivity contribution in [1.82, 2.24) is 9.88 Å². The summed E-state index contributed by atoms with van der Waals surface area (Å²) in [4.78, 5) is 43.1. The van der Waals surface area contributed by atoms with Gasteiger partial charge in [-0.1, -0.05) is 36.4 Å². The number of hydrogen-bond acceptors (Lipinski definition) is 5. The van der Waals surface area contributed by atoms with Crippen molar-refractivity contribution in [3.8, 4) is 0 Å². The van der Waals surface area contributed by atoms with Gasteiger partial charge in [0.15, 0.2) is 0 Å². The summed E-state index contributed by atoms with van der Waals surface area (Å²) in [6.45, 7) is 1.55. The zero-order valence-corrected chi connectivity index (χ0v) is 16.8. The molecule has 0 unspecified atom stereocenters. The molecule has 2 N–H and O–H groups in total. The molecule has 1 aliphatic rings. The van der Waals surface area contributed by atoms with Crippen LogP contribution >= 0.6 is 0 Å². The fourth-order valence-corrected chi connectivity index (χ4v) is 3.37. The van der Waals surface area contributed by atoms with Crippen LogP contribution < -0.4 is 10.6 Å². The Balaban J connectivity index is 1.71. The molecular weight excluding hydrogens is 392 g/mol. The molecule has 0 spiro atoms. The molecular formula is C24H20N4O3. The van der Waals surface area contributed by atoms with Crippen LogP contribution in [-0.4, -0.2) is 27.6 Å². The maximum atomic E-state index is 13.3. The van der Waals surface area contributed by atoms with Crippen molar-refractivity contribution in [2.75, 3.05) is 10.6 Å². The Labute approximate surface area is 179 Å². The Kier molecular flexibility index (Phi) is 5.57. The lowest BCUT2D eigenvalue weighted by molar-refractivity contribution is -0.137. The number of rotatable bonds is 6. The van der Waals surface area contributed by atoms with Gasteiger partial charge in [-0.25, -0.2) is 0 Å². The van der Waals surface area contributed by atoms with Crippen molar-refractivity contribution < 1.29 is 14.4 Å². The minimum absolute atomic E-state index is 0.124. The second kappa shape index (κ2) is 8.62. The zero-order chi connectivity index (χ0) is 21.8. The molecule has 3 amide bonds. The Morgan fingerprint density at radius 1 is 0.903 bits per heavy atom. The number of amides is 3. The number of hydrogen-bond donors (Lipinski definition) is 2. The number of pyridine rings is 1. The van der Waals surface area contributed by atoms with E-state index in [2.05, 4.69) is 15.6 Å². The second-order valence-corrected chi connectivity index (χ2v) is 7.06. The number of benzene rings is 2. The van der Waals surface area contributed by atoms with E-state index < -0.39 is 5.91 Å². The normalized spacial score (nSPS) is 13.5. The lowest BCUT2D eigenvalue weighted by Crippen LogP contribution is -2.32. The third kappa shape index (κ3) is 4.35. The summed E-state index contributed by atoms with van der Waals surface area (Å²) >= 11 is 0. The van der Waals surface area contributed by atoms with Gasteiger partial charge in [0.05, 0.1) is 12.1 Å². The summed E-state index contributed by atoms with van der Waals surface area (Å²) in [5.41, 5.74) is 3.15. The number of carbonyl (C=O) groups excluding carboxylic acids is 3. The fourth-order valence-electron chi connectivity index (χ4n) is 3.37. The molecule has 0 fully saturated rings. The molecule has 154 valence electrons. The van der Waals surface area contributed by atoms with Gasteiger partial charge in [0.1, 0.15) is 5.70 Å². The summed E-state index contributed by atoms with van der Waals surface area (Å²) in [6.07, 6.45) is 3.27. The minimum atomic E-state index is -0.404. The van der Waals surface area contributed by atoms with Crippen LogP contribution in [0.15, 0.2) is 84.8 Å². The number of imide groups is 1. The Hall–Kier alpha value is -4.26. The number of aromatic nitrogens is 1. The van der Waals surface area contributed by atoms with Gasteiger partial charge in [-0.3, -0.25) is 24.3 Å². The van der Waals surface area contributed by atoms with Crippen LogP contribution in [0.1, 0.15) is 18.1 Å². The van der Waals surface area contributed by atoms with Gasteiger partial charge in [-0.05, 0) is 41.5 Å². The highest BCUT2D eigenvalue weighted by Crippen LogP contribution is 2.32. The lowest BCUT2D eigenvalue weighted by Gasteiger charge is -2.15. The zero-order valence-electron chi connectivity index (χ0n) is 16.8. The first kappa shape index (κ1) is 20.0. The van der Waals surface area contributed by atoms with Gasteiger partial charge in [-0.15, -0.1) is 0 Å². The van der Waals surface area contributed by atoms with E-state index in [0.717, 1.165) is 5.56 Å². The maximum absolute atomic E-state index is 13.3. The Morgan fingerprint density at radius 3 is 2.29 bits per heavy atom. The van der Waals surface area contributed by atoms with E-state index in [1.54, 1.807) is 42.7 Å². The van der Waals surface area contributed by atoms with Crippen LogP contribution in [0, 0.1) is 0 Å². The Bertz CT molecular complexity index is 1160. The highest BCUT2D eigenvalue weighted by atomic mass is 16.2. The lowest BCUT2D eigenvalue weighted by atomic mass is 10.0. The summed E-state index contributed by atoms with van der Waals surface area (Å²) in [5, 5.41) is 5.81. The molecule has 0 saturated carbocycles. The molecule has 0 radical (unpaired) electrons. The molecule has 31 heavy (non-hydrogen) atoms. The summed E-state index contributed by atoms with van der Waals surface area (Å²) in [7, 11) is 0. The first-order valence-corrected chi connectivity index (χ1v) is 9.72. The van der Waals surface area contributed by atoms with E-state index in [9.17, 15) is 14.4 Å². The molecule has 1 aliphatic heterocycles. The monoisotopic (exact) mass is 412 g/mol. The molecule has 0 saturated heterocycles. The minimum Gasteiger partial charge on any atom is -0.350 e. The van der Waals surface area contributed by atoms with Gasteiger partial charge in [-0.2, -0.15) is 0 Å². The van der Waals surface area contributed by atoms with Crippen LogP contribution in [0.3, 0.4) is 0 Å². The molecule has 2 heterocycles. The largest absolute Gasteiger partial charge is 0.350 e. The van der Waals surface area contributed by atoms with Gasteiger partial charge in [0.25, 0.3) is 11.8 Å². The van der Waals surface area contributed by atoms with Gasteiger partial charge < -0.3 is 10.6 Å². The van der Waals surface area contributed by atoms with Crippen LogP contribution in [0.4, 0.5) is 11.4 Å². The van der Waals surface area contributed by atoms with Crippen molar-refractivity contribution >= 4 is 34.7 Å². The van der Waals surface area contributed by atoms with Crippen molar-refractivity contribution in [1.29, 1.82) is 0 Å². The number of carbonyl (C=O) groups is 3. The van der Waals surface area contributed by atoms with Crippen molar-refractivity contribution in [3.05, 3.63) is 95.9 Å². The van der Waals surface area contributed by atoms with Crippen LogP contribution in [-0.2, 0) is 20.9 Å². The molecule has 4 rings (SSSR count). The van der Waals surface area contributed by atoms with E-state index in [0.29, 0.717) is 16.9 Å². The third-order valence-corrected chi connectivity index (χ3v) is 4.77. The average Bonchev–Trinajstić information content (AvgIpc) is 3.00. The van der Waals surface area contributed by atoms with E-state index in [1.807, 2.05) is 36.4 Å². The molecule has 3 aromatic rings. The first-order valence-electron chi connectivity index (χ1n) is 9.72. The highest BCUT2D eigenvalue weighted by Gasteiger charge is 2.39. The van der Waals surface area contributed by atoms with E-state index in [-0.39, 0.29) is 29.6 Å². The van der Waals surface area contributed by atoms with Crippen LogP contribution in [0.2, 0.25) is 0 Å². The third-order valence-electron chi connectivity index (χ3n) is 4.77. The second-order valence-electron chi connectivity index (χ2n) is 7.06. The smallest absolute Gasteiger partial charge is 0.278 e. The maximum Gasteiger partial charge on any atom is 0.278 e. The van der Waals surface area contributed by atoms with Crippen molar-refractivity contribution in [3.63, 3.8) is 0 Å². The molecule has 2 aromatic carbocycles. The highest BCUT2D eigenvalue weighted by molar-refractivity contribution is 6.36. The molecule has 0 bridgehead atoms. The summed E-state index contributed by atoms with van der Waals surface area (Å²) in [5.74, 6) is -0.980. The molecule has 1 aromatic heterocycles. The SMILES string of the molecule is CC(=O)Nc1ccc(C2=C(Nc3ccccc3)C(=O)N(Cc3cccnc3)C2=O)cc1. The van der Waals surface area contributed by atoms with E-state index >= 15 is 0 Å². The van der Waals surface area contributed by atoms with Gasteiger partial charge in [0.2, 0.25) is 5.91 Å². The molecule has 7 heteroatoms. The topological polar surface area (TPSA) is 91.4 Å². The van der Waals surface area contributed by atoms with Crippen LogP contribution in [0.5, 0.6) is 0 Å².